The highest BCUT2D eigenvalue weighted by molar-refractivity contribution is 5.97. The minimum atomic E-state index is -0.385. The molecular formula is C24H20N2O2. The van der Waals surface area contributed by atoms with Gasteiger partial charge in [0.1, 0.15) is 5.56 Å². The van der Waals surface area contributed by atoms with Crippen LogP contribution in [0.3, 0.4) is 0 Å². The Labute approximate surface area is 163 Å². The largest absolute Gasteiger partial charge is 0.350 e. The molecule has 28 heavy (non-hydrogen) atoms. The Morgan fingerprint density at radius 2 is 1.36 bits per heavy atom. The zero-order valence-electron chi connectivity index (χ0n) is 15.5. The number of benzene rings is 3. The van der Waals surface area contributed by atoms with Crippen molar-refractivity contribution in [1.82, 2.24) is 9.88 Å². The smallest absolute Gasteiger partial charge is 0.257 e. The molecule has 0 aliphatic rings. The number of amides is 1. The highest BCUT2D eigenvalue weighted by Crippen LogP contribution is 2.22. The molecule has 3 aromatic carbocycles. The maximum atomic E-state index is 13.1. The van der Waals surface area contributed by atoms with Crippen LogP contribution in [0.15, 0.2) is 95.9 Å². The van der Waals surface area contributed by atoms with Gasteiger partial charge in [-0.3, -0.25) is 9.59 Å². The summed E-state index contributed by atoms with van der Waals surface area (Å²) >= 11 is 0. The third-order valence-corrected chi connectivity index (χ3v) is 4.88. The van der Waals surface area contributed by atoms with Crippen molar-refractivity contribution in [2.45, 2.75) is 6.04 Å². The number of fused-ring (bicyclic) bond motifs is 1. The van der Waals surface area contributed by atoms with Gasteiger partial charge in [0.05, 0.1) is 11.6 Å². The number of hydrogen-bond acceptors (Lipinski definition) is 2. The van der Waals surface area contributed by atoms with Crippen LogP contribution in [0.1, 0.15) is 27.5 Å². The Kier molecular flexibility index (Phi) is 4.77. The summed E-state index contributed by atoms with van der Waals surface area (Å²) in [6.07, 6.45) is 1.60. The van der Waals surface area contributed by atoms with Crippen molar-refractivity contribution >= 4 is 16.8 Å². The summed E-state index contributed by atoms with van der Waals surface area (Å²) in [5, 5.41) is 3.58. The summed E-state index contributed by atoms with van der Waals surface area (Å²) in [7, 11) is 1.84. The fraction of sp³-hybridized carbons (Fsp3) is 0.0833. The topological polar surface area (TPSA) is 51.1 Å². The monoisotopic (exact) mass is 368 g/mol. The van der Waals surface area contributed by atoms with Gasteiger partial charge in [-0.15, -0.1) is 0 Å². The van der Waals surface area contributed by atoms with E-state index in [4.69, 9.17) is 0 Å². The lowest BCUT2D eigenvalue weighted by Gasteiger charge is -2.20. The van der Waals surface area contributed by atoms with E-state index in [0.29, 0.717) is 5.39 Å². The van der Waals surface area contributed by atoms with E-state index >= 15 is 0 Å². The number of rotatable bonds is 4. The van der Waals surface area contributed by atoms with Crippen molar-refractivity contribution in [2.75, 3.05) is 0 Å². The Balaban J connectivity index is 1.76. The first-order valence-corrected chi connectivity index (χ1v) is 9.14. The standard InChI is InChI=1S/C24H20N2O2/c1-26-16-20(23(27)19-14-8-9-15-21(19)26)24(28)25-22(17-10-4-2-5-11-17)18-12-6-3-7-13-18/h2-16,22H,1H3,(H,25,28). The summed E-state index contributed by atoms with van der Waals surface area (Å²) in [5.41, 5.74) is 2.59. The number of para-hydroxylation sites is 1. The average Bonchev–Trinajstić information content (AvgIpc) is 2.75. The molecule has 0 aliphatic carbocycles. The molecule has 0 saturated heterocycles. The fourth-order valence-corrected chi connectivity index (χ4v) is 3.46. The van der Waals surface area contributed by atoms with Gasteiger partial charge >= 0.3 is 0 Å². The van der Waals surface area contributed by atoms with Crippen LogP contribution in [-0.2, 0) is 7.05 Å². The highest BCUT2D eigenvalue weighted by atomic mass is 16.2. The molecule has 0 radical (unpaired) electrons. The van der Waals surface area contributed by atoms with Gasteiger partial charge in [0.2, 0.25) is 5.43 Å². The number of carbonyl (C=O) groups excluding carboxylic acids is 1. The van der Waals surface area contributed by atoms with Crippen molar-refractivity contribution in [3.63, 3.8) is 0 Å². The third kappa shape index (κ3) is 3.32. The zero-order chi connectivity index (χ0) is 19.5. The van der Waals surface area contributed by atoms with Gasteiger partial charge in [0, 0.05) is 18.6 Å². The number of hydrogen-bond donors (Lipinski definition) is 1. The molecule has 4 nitrogen and oxygen atoms in total. The van der Waals surface area contributed by atoms with Gasteiger partial charge in [-0.05, 0) is 23.3 Å². The minimum Gasteiger partial charge on any atom is -0.350 e. The molecule has 1 N–H and O–H groups in total. The summed E-state index contributed by atoms with van der Waals surface area (Å²) < 4.78 is 1.81. The summed E-state index contributed by atoms with van der Waals surface area (Å²) in [5.74, 6) is -0.385. The van der Waals surface area contributed by atoms with Gasteiger partial charge in [0.15, 0.2) is 0 Å². The minimum absolute atomic E-state index is 0.137. The van der Waals surface area contributed by atoms with Crippen LogP contribution in [0, 0.1) is 0 Å². The first kappa shape index (κ1) is 17.7. The van der Waals surface area contributed by atoms with Crippen LogP contribution in [0.2, 0.25) is 0 Å². The SMILES string of the molecule is Cn1cc(C(=O)NC(c2ccccc2)c2ccccc2)c(=O)c2ccccc21. The molecule has 0 unspecified atom stereocenters. The second kappa shape index (κ2) is 7.53. The molecule has 0 aliphatic heterocycles. The molecule has 138 valence electrons. The molecule has 1 heterocycles. The maximum Gasteiger partial charge on any atom is 0.257 e. The van der Waals surface area contributed by atoms with E-state index < -0.39 is 0 Å². The lowest BCUT2D eigenvalue weighted by Crippen LogP contribution is -2.33. The normalized spacial score (nSPS) is 10.9. The Morgan fingerprint density at radius 1 is 0.821 bits per heavy atom. The second-order valence-corrected chi connectivity index (χ2v) is 6.73. The molecule has 0 spiro atoms. The molecule has 0 fully saturated rings. The van der Waals surface area contributed by atoms with Crippen LogP contribution in [0.25, 0.3) is 10.9 Å². The third-order valence-electron chi connectivity index (χ3n) is 4.88. The zero-order valence-corrected chi connectivity index (χ0v) is 15.5. The Hall–Kier alpha value is -3.66. The Morgan fingerprint density at radius 3 is 1.96 bits per heavy atom. The number of aromatic nitrogens is 1. The van der Waals surface area contributed by atoms with E-state index in [9.17, 15) is 9.59 Å². The lowest BCUT2D eigenvalue weighted by atomic mass is 9.98. The van der Waals surface area contributed by atoms with E-state index in [1.807, 2.05) is 90.5 Å². The molecule has 0 bridgehead atoms. The quantitative estimate of drug-likeness (QED) is 0.591. The number of nitrogens with zero attached hydrogens (tertiary/aromatic N) is 1. The van der Waals surface area contributed by atoms with Crippen molar-refractivity contribution < 1.29 is 4.79 Å². The summed E-state index contributed by atoms with van der Waals surface area (Å²) in [6, 6.07) is 26.5. The van der Waals surface area contributed by atoms with Crippen molar-refractivity contribution in [3.05, 3.63) is 118 Å². The van der Waals surface area contributed by atoms with Gasteiger partial charge in [-0.2, -0.15) is 0 Å². The average molecular weight is 368 g/mol. The molecule has 4 aromatic rings. The predicted molar refractivity (Wildman–Crippen MR) is 111 cm³/mol. The molecule has 4 rings (SSSR count). The molecule has 4 heteroatoms. The lowest BCUT2D eigenvalue weighted by molar-refractivity contribution is 0.0941. The van der Waals surface area contributed by atoms with Crippen LogP contribution in [0.4, 0.5) is 0 Å². The van der Waals surface area contributed by atoms with E-state index in [1.165, 1.54) is 0 Å². The van der Waals surface area contributed by atoms with E-state index in [-0.39, 0.29) is 22.9 Å². The van der Waals surface area contributed by atoms with E-state index in [2.05, 4.69) is 5.32 Å². The first-order valence-electron chi connectivity index (χ1n) is 9.14. The number of pyridine rings is 1. The van der Waals surface area contributed by atoms with Crippen molar-refractivity contribution in [2.24, 2.45) is 7.05 Å². The molecular weight excluding hydrogens is 348 g/mol. The van der Waals surface area contributed by atoms with Gasteiger partial charge in [-0.1, -0.05) is 72.8 Å². The number of nitrogens with one attached hydrogen (secondary N) is 1. The molecule has 1 amide bonds. The predicted octanol–water partition coefficient (Wildman–Crippen LogP) is 4.06. The first-order chi connectivity index (χ1) is 13.6. The van der Waals surface area contributed by atoms with Gasteiger partial charge in [0.25, 0.3) is 5.91 Å². The summed E-state index contributed by atoms with van der Waals surface area (Å²) in [4.78, 5) is 26.0. The number of aryl methyl sites for hydroxylation is 1. The van der Waals surface area contributed by atoms with E-state index in [0.717, 1.165) is 16.6 Å². The van der Waals surface area contributed by atoms with Crippen molar-refractivity contribution in [1.29, 1.82) is 0 Å². The van der Waals surface area contributed by atoms with Gasteiger partial charge < -0.3 is 9.88 Å². The second-order valence-electron chi connectivity index (χ2n) is 6.73. The van der Waals surface area contributed by atoms with Crippen LogP contribution in [-0.4, -0.2) is 10.5 Å². The summed E-state index contributed by atoms with van der Waals surface area (Å²) in [6.45, 7) is 0. The fourth-order valence-electron chi connectivity index (χ4n) is 3.46. The highest BCUT2D eigenvalue weighted by Gasteiger charge is 2.20. The van der Waals surface area contributed by atoms with Gasteiger partial charge in [-0.25, -0.2) is 0 Å². The number of carbonyl (C=O) groups is 1. The van der Waals surface area contributed by atoms with Crippen LogP contribution in [0.5, 0.6) is 0 Å². The molecule has 0 atom stereocenters. The van der Waals surface area contributed by atoms with Crippen LogP contribution >= 0.6 is 0 Å². The van der Waals surface area contributed by atoms with E-state index in [1.54, 1.807) is 12.3 Å². The molecule has 1 aromatic heterocycles. The van der Waals surface area contributed by atoms with Crippen LogP contribution < -0.4 is 10.7 Å². The maximum absolute atomic E-state index is 13.1. The van der Waals surface area contributed by atoms with Crippen molar-refractivity contribution in [3.8, 4) is 0 Å². The molecule has 0 saturated carbocycles. The Bertz CT molecular complexity index is 1140.